The number of ether oxygens (including phenoxy) is 2. The van der Waals surface area contributed by atoms with E-state index >= 15 is 0 Å². The van der Waals surface area contributed by atoms with E-state index in [2.05, 4.69) is 39.1 Å². The first kappa shape index (κ1) is 19.3. The van der Waals surface area contributed by atoms with Gasteiger partial charge in [-0.25, -0.2) is 4.79 Å². The van der Waals surface area contributed by atoms with E-state index in [4.69, 9.17) is 9.47 Å². The minimum absolute atomic E-state index is 0.0899. The Labute approximate surface area is 147 Å². The lowest BCUT2D eigenvalue weighted by Crippen LogP contribution is -2.57. The smallest absolute Gasteiger partial charge is 0.407 e. The Morgan fingerprint density at radius 1 is 1.46 bits per heavy atom. The third kappa shape index (κ3) is 3.79. The number of unbranched alkanes of at least 4 members (excludes halogenated alkanes) is 1. The summed E-state index contributed by atoms with van der Waals surface area (Å²) in [6.07, 6.45) is 5.89. The molecule has 2 rings (SSSR count). The molecule has 4 nitrogen and oxygen atoms in total. The quantitative estimate of drug-likeness (QED) is 0.724. The second-order valence-corrected chi connectivity index (χ2v) is 8.11. The van der Waals surface area contributed by atoms with E-state index in [1.165, 1.54) is 18.4 Å². The van der Waals surface area contributed by atoms with E-state index in [1.807, 2.05) is 13.8 Å². The van der Waals surface area contributed by atoms with Gasteiger partial charge in [-0.2, -0.15) is 0 Å². The zero-order valence-electron chi connectivity index (χ0n) is 16.2. The normalized spacial score (nSPS) is 35.5. The fraction of sp³-hybridized carbons (Fsp3) is 0.850. The molecule has 0 saturated carbocycles. The number of allylic oxidation sites excluding steroid dienone is 1. The molecule has 0 aromatic carbocycles. The molecule has 1 saturated heterocycles. The molecule has 0 aromatic rings. The number of amides is 1. The number of carbonyl (C=O) groups is 1. The van der Waals surface area contributed by atoms with Gasteiger partial charge in [-0.1, -0.05) is 45.3 Å². The minimum Gasteiger partial charge on any atom is -0.449 e. The van der Waals surface area contributed by atoms with Crippen LogP contribution in [0, 0.1) is 23.2 Å². The van der Waals surface area contributed by atoms with Crippen LogP contribution in [0.15, 0.2) is 11.6 Å². The Hall–Kier alpha value is -1.03. The first-order valence-electron chi connectivity index (χ1n) is 9.55. The Morgan fingerprint density at radius 3 is 2.79 bits per heavy atom. The molecule has 2 bridgehead atoms. The summed E-state index contributed by atoms with van der Waals surface area (Å²) in [6, 6.07) is 0.0899. The van der Waals surface area contributed by atoms with Crippen molar-refractivity contribution >= 4 is 6.09 Å². The van der Waals surface area contributed by atoms with Gasteiger partial charge in [-0.3, -0.25) is 0 Å². The van der Waals surface area contributed by atoms with Crippen molar-refractivity contribution in [3.63, 3.8) is 0 Å². The number of hydrogen-bond acceptors (Lipinski definition) is 3. The molecule has 1 fully saturated rings. The van der Waals surface area contributed by atoms with E-state index in [9.17, 15) is 4.79 Å². The van der Waals surface area contributed by atoms with Crippen LogP contribution in [-0.4, -0.2) is 31.5 Å². The average molecular weight is 338 g/mol. The van der Waals surface area contributed by atoms with Crippen LogP contribution in [0.4, 0.5) is 4.79 Å². The van der Waals surface area contributed by atoms with E-state index in [1.54, 1.807) is 0 Å². The van der Waals surface area contributed by atoms with Crippen molar-refractivity contribution in [2.45, 2.75) is 73.0 Å². The van der Waals surface area contributed by atoms with Crippen molar-refractivity contribution in [1.29, 1.82) is 0 Å². The molecule has 24 heavy (non-hydrogen) atoms. The highest BCUT2D eigenvalue weighted by atomic mass is 16.6. The molecular formula is C20H35NO3. The maximum atomic E-state index is 11.9. The van der Waals surface area contributed by atoms with Crippen LogP contribution >= 0.6 is 0 Å². The van der Waals surface area contributed by atoms with Crippen LogP contribution in [0.3, 0.4) is 0 Å². The summed E-state index contributed by atoms with van der Waals surface area (Å²) < 4.78 is 11.9. The fourth-order valence-electron chi connectivity index (χ4n) is 4.53. The molecule has 0 radical (unpaired) electrons. The predicted molar refractivity (Wildman–Crippen MR) is 96.9 cm³/mol. The van der Waals surface area contributed by atoms with Crippen molar-refractivity contribution in [3.05, 3.63) is 11.6 Å². The SMILES string of the molecule is CCCC[C@@H]1OC[C@@]2(COC(=O)NC(C)C)[C@H](C)C=C(C)[C@@H]1[C@H]2C. The van der Waals surface area contributed by atoms with Crippen LogP contribution in [-0.2, 0) is 9.47 Å². The van der Waals surface area contributed by atoms with Gasteiger partial charge in [0.25, 0.3) is 0 Å². The Kier molecular flexibility index (Phi) is 6.35. The lowest BCUT2D eigenvalue weighted by Gasteiger charge is -2.55. The van der Waals surface area contributed by atoms with E-state index in [0.717, 1.165) is 6.42 Å². The second kappa shape index (κ2) is 7.90. The van der Waals surface area contributed by atoms with Gasteiger partial charge in [-0.15, -0.1) is 0 Å². The molecule has 0 unspecified atom stereocenters. The molecule has 1 amide bonds. The first-order valence-corrected chi connectivity index (χ1v) is 9.55. The third-order valence-corrected chi connectivity index (χ3v) is 6.08. The van der Waals surface area contributed by atoms with Crippen molar-refractivity contribution < 1.29 is 14.3 Å². The molecule has 5 atom stereocenters. The number of carbonyl (C=O) groups excluding carboxylic acids is 1. The summed E-state index contributed by atoms with van der Waals surface area (Å²) in [7, 11) is 0. The van der Waals surface area contributed by atoms with Gasteiger partial charge in [0.05, 0.1) is 12.7 Å². The van der Waals surface area contributed by atoms with Gasteiger partial charge in [-0.05, 0) is 39.0 Å². The Balaban J connectivity index is 2.13. The number of hydrogen-bond donors (Lipinski definition) is 1. The molecule has 0 spiro atoms. The average Bonchev–Trinajstić information content (AvgIpc) is 2.49. The zero-order chi connectivity index (χ0) is 17.9. The van der Waals surface area contributed by atoms with Crippen LogP contribution in [0.2, 0.25) is 0 Å². The number of nitrogens with one attached hydrogen (secondary N) is 1. The highest BCUT2D eigenvalue weighted by molar-refractivity contribution is 5.67. The van der Waals surface area contributed by atoms with Gasteiger partial charge in [0.1, 0.15) is 6.61 Å². The van der Waals surface area contributed by atoms with E-state index < -0.39 is 0 Å². The van der Waals surface area contributed by atoms with Crippen molar-refractivity contribution in [2.24, 2.45) is 23.2 Å². The number of alkyl carbamates (subject to hydrolysis) is 1. The largest absolute Gasteiger partial charge is 0.449 e. The molecule has 4 heteroatoms. The second-order valence-electron chi connectivity index (χ2n) is 8.11. The number of rotatable bonds is 6. The summed E-state index contributed by atoms with van der Waals surface area (Å²) >= 11 is 0. The van der Waals surface area contributed by atoms with Crippen LogP contribution in [0.1, 0.15) is 60.8 Å². The molecule has 1 N–H and O–H groups in total. The maximum absolute atomic E-state index is 11.9. The minimum atomic E-state index is -0.324. The highest BCUT2D eigenvalue weighted by Gasteiger charge is 2.53. The molecule has 1 aliphatic heterocycles. The summed E-state index contributed by atoms with van der Waals surface area (Å²) in [4.78, 5) is 11.9. The van der Waals surface area contributed by atoms with Crippen LogP contribution in [0.5, 0.6) is 0 Å². The Bertz CT molecular complexity index is 474. The van der Waals surface area contributed by atoms with Gasteiger partial charge in [0.2, 0.25) is 0 Å². The fourth-order valence-corrected chi connectivity index (χ4v) is 4.53. The lowest BCUT2D eigenvalue weighted by molar-refractivity contribution is -0.165. The van der Waals surface area contributed by atoms with Gasteiger partial charge in [0.15, 0.2) is 0 Å². The number of fused-ring (bicyclic) bond motifs is 2. The van der Waals surface area contributed by atoms with E-state index in [0.29, 0.717) is 37.1 Å². The first-order chi connectivity index (χ1) is 11.3. The van der Waals surface area contributed by atoms with Crippen LogP contribution < -0.4 is 5.32 Å². The third-order valence-electron chi connectivity index (χ3n) is 6.08. The summed E-state index contributed by atoms with van der Waals surface area (Å²) in [6.45, 7) is 14.0. The topological polar surface area (TPSA) is 47.6 Å². The lowest BCUT2D eigenvalue weighted by atomic mass is 9.56. The summed E-state index contributed by atoms with van der Waals surface area (Å²) in [5, 5.41) is 2.81. The Morgan fingerprint density at radius 2 is 2.17 bits per heavy atom. The molecule has 1 heterocycles. The maximum Gasteiger partial charge on any atom is 0.407 e. The van der Waals surface area contributed by atoms with Crippen molar-refractivity contribution in [1.82, 2.24) is 5.32 Å². The van der Waals surface area contributed by atoms with Crippen molar-refractivity contribution in [2.75, 3.05) is 13.2 Å². The van der Waals surface area contributed by atoms with Gasteiger partial charge < -0.3 is 14.8 Å². The molecule has 138 valence electrons. The predicted octanol–water partition coefficient (Wildman–Crippen LogP) is 4.54. The monoisotopic (exact) mass is 337 g/mol. The standard InChI is InChI=1S/C20H35NO3/c1-7-8-9-17-18-14(4)10-15(5)20(11-23-17,16(18)6)12-24-19(22)21-13(2)3/h10,13,15-18H,7-9,11-12H2,1-6H3,(H,21,22)/t15-,16-,17+,18-,20-/m1/s1. The summed E-state index contributed by atoms with van der Waals surface area (Å²) in [5.74, 6) is 1.25. The van der Waals surface area contributed by atoms with Gasteiger partial charge in [0, 0.05) is 17.4 Å². The molecule has 1 aliphatic carbocycles. The zero-order valence-corrected chi connectivity index (χ0v) is 16.2. The van der Waals surface area contributed by atoms with Crippen molar-refractivity contribution in [3.8, 4) is 0 Å². The molecule has 2 aliphatic rings. The van der Waals surface area contributed by atoms with Gasteiger partial charge >= 0.3 is 6.09 Å². The van der Waals surface area contributed by atoms with E-state index in [-0.39, 0.29) is 17.6 Å². The molecule has 0 aromatic heterocycles. The molecular weight excluding hydrogens is 302 g/mol. The highest BCUT2D eigenvalue weighted by Crippen LogP contribution is 2.53. The summed E-state index contributed by atoms with van der Waals surface area (Å²) in [5.41, 5.74) is 1.33. The van der Waals surface area contributed by atoms with Crippen LogP contribution in [0.25, 0.3) is 0 Å².